The molecule has 1 N–H and O–H groups in total. The zero-order chi connectivity index (χ0) is 16.8. The van der Waals surface area contributed by atoms with E-state index in [1.165, 1.54) is 30.6 Å². The molecule has 0 saturated heterocycles. The Balaban J connectivity index is 1.88. The van der Waals surface area contributed by atoms with Gasteiger partial charge in [0.1, 0.15) is 11.6 Å². The topological polar surface area (TPSA) is 68.3 Å². The molecule has 2 rings (SSSR count). The number of ether oxygens (including phenoxy) is 1. The number of nitrogens with zero attached hydrogens (tertiary/aromatic N) is 1. The van der Waals surface area contributed by atoms with Crippen molar-refractivity contribution in [1.82, 2.24) is 10.3 Å². The molecule has 0 aliphatic heterocycles. The van der Waals surface area contributed by atoms with Crippen LogP contribution in [0.1, 0.15) is 28.9 Å². The van der Waals surface area contributed by atoms with Gasteiger partial charge in [0.15, 0.2) is 6.61 Å². The Morgan fingerprint density at radius 2 is 1.91 bits per heavy atom. The van der Waals surface area contributed by atoms with Crippen molar-refractivity contribution in [1.29, 1.82) is 0 Å². The number of hydrogen-bond donors (Lipinski definition) is 1. The number of amides is 1. The van der Waals surface area contributed by atoms with E-state index in [4.69, 9.17) is 4.74 Å². The van der Waals surface area contributed by atoms with Crippen LogP contribution in [0.4, 0.5) is 8.78 Å². The summed E-state index contributed by atoms with van der Waals surface area (Å²) in [7, 11) is 0. The Morgan fingerprint density at radius 3 is 2.57 bits per heavy atom. The van der Waals surface area contributed by atoms with E-state index in [0.29, 0.717) is 0 Å². The first-order chi connectivity index (χ1) is 11.0. The molecule has 1 aromatic carbocycles. The van der Waals surface area contributed by atoms with Crippen molar-refractivity contribution in [2.45, 2.75) is 13.0 Å². The van der Waals surface area contributed by atoms with Crippen LogP contribution in [-0.2, 0) is 9.53 Å². The van der Waals surface area contributed by atoms with Gasteiger partial charge in [0, 0.05) is 24.0 Å². The largest absolute Gasteiger partial charge is 0.452 e. The number of carbonyl (C=O) groups excluding carboxylic acids is 2. The Labute approximate surface area is 131 Å². The molecule has 0 radical (unpaired) electrons. The third-order valence-corrected chi connectivity index (χ3v) is 3.06. The third kappa shape index (κ3) is 4.57. The van der Waals surface area contributed by atoms with Crippen molar-refractivity contribution in [2.24, 2.45) is 0 Å². The van der Waals surface area contributed by atoms with E-state index < -0.39 is 36.2 Å². The van der Waals surface area contributed by atoms with E-state index >= 15 is 0 Å². The molecule has 0 unspecified atom stereocenters. The second-order valence-electron chi connectivity index (χ2n) is 4.77. The Hall–Kier alpha value is -2.83. The van der Waals surface area contributed by atoms with E-state index in [-0.39, 0.29) is 11.1 Å². The molecule has 0 spiro atoms. The fourth-order valence-electron chi connectivity index (χ4n) is 1.92. The van der Waals surface area contributed by atoms with Gasteiger partial charge in [-0.25, -0.2) is 13.6 Å². The first kappa shape index (κ1) is 16.5. The lowest BCUT2D eigenvalue weighted by molar-refractivity contribution is -0.124. The van der Waals surface area contributed by atoms with Crippen LogP contribution in [-0.4, -0.2) is 23.5 Å². The van der Waals surface area contributed by atoms with Crippen molar-refractivity contribution in [3.8, 4) is 0 Å². The number of hydrogen-bond acceptors (Lipinski definition) is 4. The highest BCUT2D eigenvalue weighted by Gasteiger charge is 2.16. The van der Waals surface area contributed by atoms with E-state index in [9.17, 15) is 18.4 Å². The van der Waals surface area contributed by atoms with Gasteiger partial charge in [0.25, 0.3) is 5.91 Å². The van der Waals surface area contributed by atoms with E-state index in [2.05, 4.69) is 10.3 Å². The highest BCUT2D eigenvalue weighted by molar-refractivity contribution is 5.91. The molecule has 0 fully saturated rings. The van der Waals surface area contributed by atoms with Gasteiger partial charge in [0.2, 0.25) is 0 Å². The fourth-order valence-corrected chi connectivity index (χ4v) is 1.92. The number of halogens is 2. The van der Waals surface area contributed by atoms with Gasteiger partial charge in [0.05, 0.1) is 11.6 Å². The monoisotopic (exact) mass is 320 g/mol. The second-order valence-corrected chi connectivity index (χ2v) is 4.77. The second kappa shape index (κ2) is 7.44. The third-order valence-electron chi connectivity index (χ3n) is 3.06. The van der Waals surface area contributed by atoms with Gasteiger partial charge in [-0.1, -0.05) is 6.07 Å². The Morgan fingerprint density at radius 1 is 1.22 bits per heavy atom. The molecule has 2 aromatic rings. The SMILES string of the molecule is C[C@H](NC(=O)COC(=O)c1ccncc1)c1ccc(F)cc1F. The molecule has 7 heteroatoms. The predicted octanol–water partition coefficient (Wildman–Crippen LogP) is 2.39. The Bertz CT molecular complexity index is 708. The van der Waals surface area contributed by atoms with Gasteiger partial charge in [-0.3, -0.25) is 9.78 Å². The lowest BCUT2D eigenvalue weighted by atomic mass is 10.1. The first-order valence-electron chi connectivity index (χ1n) is 6.79. The van der Waals surface area contributed by atoms with Crippen molar-refractivity contribution in [3.63, 3.8) is 0 Å². The maximum atomic E-state index is 13.6. The van der Waals surface area contributed by atoms with Crippen LogP contribution < -0.4 is 5.32 Å². The van der Waals surface area contributed by atoms with Crippen LogP contribution in [0.2, 0.25) is 0 Å². The van der Waals surface area contributed by atoms with Crippen molar-refractivity contribution >= 4 is 11.9 Å². The minimum atomic E-state index is -0.758. The molecule has 1 aromatic heterocycles. The molecule has 0 aliphatic carbocycles. The molecular weight excluding hydrogens is 306 g/mol. The lowest BCUT2D eigenvalue weighted by Crippen LogP contribution is -2.31. The van der Waals surface area contributed by atoms with Crippen molar-refractivity contribution < 1.29 is 23.1 Å². The highest BCUT2D eigenvalue weighted by atomic mass is 19.1. The average Bonchev–Trinajstić information content (AvgIpc) is 2.53. The van der Waals surface area contributed by atoms with Crippen LogP contribution in [0, 0.1) is 11.6 Å². The van der Waals surface area contributed by atoms with Gasteiger partial charge in [-0.15, -0.1) is 0 Å². The quantitative estimate of drug-likeness (QED) is 0.859. The van der Waals surface area contributed by atoms with Gasteiger partial charge >= 0.3 is 5.97 Å². The molecule has 5 nitrogen and oxygen atoms in total. The van der Waals surface area contributed by atoms with Crippen LogP contribution in [0.15, 0.2) is 42.7 Å². The number of esters is 1. The normalized spacial score (nSPS) is 11.6. The zero-order valence-corrected chi connectivity index (χ0v) is 12.3. The summed E-state index contributed by atoms with van der Waals surface area (Å²) in [6.45, 7) is 1.03. The average molecular weight is 320 g/mol. The molecule has 120 valence electrons. The highest BCUT2D eigenvalue weighted by Crippen LogP contribution is 2.17. The number of aromatic nitrogens is 1. The van der Waals surface area contributed by atoms with E-state index in [0.717, 1.165) is 12.1 Å². The van der Waals surface area contributed by atoms with Crippen molar-refractivity contribution in [2.75, 3.05) is 6.61 Å². The van der Waals surface area contributed by atoms with Crippen LogP contribution >= 0.6 is 0 Å². The first-order valence-corrected chi connectivity index (χ1v) is 6.79. The maximum Gasteiger partial charge on any atom is 0.338 e. The minimum Gasteiger partial charge on any atom is -0.452 e. The van der Waals surface area contributed by atoms with Crippen LogP contribution in [0.3, 0.4) is 0 Å². The smallest absolute Gasteiger partial charge is 0.338 e. The summed E-state index contributed by atoms with van der Waals surface area (Å²) in [5, 5.41) is 2.47. The minimum absolute atomic E-state index is 0.139. The summed E-state index contributed by atoms with van der Waals surface area (Å²) in [4.78, 5) is 27.2. The van der Waals surface area contributed by atoms with Crippen LogP contribution in [0.5, 0.6) is 0 Å². The number of carbonyl (C=O) groups is 2. The summed E-state index contributed by atoms with van der Waals surface area (Å²) in [5.74, 6) is -2.71. The summed E-state index contributed by atoms with van der Waals surface area (Å²) in [6.07, 6.45) is 2.85. The Kier molecular flexibility index (Phi) is 5.35. The molecule has 1 atom stereocenters. The molecule has 0 saturated carbocycles. The van der Waals surface area contributed by atoms with Gasteiger partial charge < -0.3 is 10.1 Å². The molecule has 1 heterocycles. The summed E-state index contributed by atoms with van der Waals surface area (Å²) in [5.41, 5.74) is 0.408. The molecule has 0 aliphatic rings. The maximum absolute atomic E-state index is 13.6. The zero-order valence-electron chi connectivity index (χ0n) is 12.3. The number of nitrogens with one attached hydrogen (secondary N) is 1. The molecule has 1 amide bonds. The van der Waals surface area contributed by atoms with E-state index in [1.807, 2.05) is 0 Å². The summed E-state index contributed by atoms with van der Waals surface area (Å²) >= 11 is 0. The summed E-state index contributed by atoms with van der Waals surface area (Å²) in [6, 6.07) is 5.31. The molecular formula is C16H14F2N2O3. The number of pyridine rings is 1. The standard InChI is InChI=1S/C16H14F2N2O3/c1-10(13-3-2-12(17)8-14(13)18)20-15(21)9-23-16(22)11-4-6-19-7-5-11/h2-8,10H,9H2,1H3,(H,20,21)/t10-/m0/s1. The summed E-state index contributed by atoms with van der Waals surface area (Å²) < 4.78 is 31.3. The van der Waals surface area contributed by atoms with Crippen molar-refractivity contribution in [3.05, 3.63) is 65.5 Å². The van der Waals surface area contributed by atoms with E-state index in [1.54, 1.807) is 6.92 Å². The van der Waals surface area contributed by atoms with Crippen LogP contribution in [0.25, 0.3) is 0 Å². The number of rotatable bonds is 5. The molecule has 0 bridgehead atoms. The van der Waals surface area contributed by atoms with Gasteiger partial charge in [-0.2, -0.15) is 0 Å². The fraction of sp³-hybridized carbons (Fsp3) is 0.188. The predicted molar refractivity (Wildman–Crippen MR) is 77.4 cm³/mol. The molecule has 23 heavy (non-hydrogen) atoms. The lowest BCUT2D eigenvalue weighted by Gasteiger charge is -2.15. The van der Waals surface area contributed by atoms with Gasteiger partial charge in [-0.05, 0) is 25.1 Å². The number of benzene rings is 1.